The average molecular weight is 377 g/mol. The van der Waals surface area contributed by atoms with E-state index in [-0.39, 0.29) is 18.6 Å². The van der Waals surface area contributed by atoms with Gasteiger partial charge < -0.3 is 29.6 Å². The molecule has 0 bridgehead atoms. The third-order valence-corrected chi connectivity index (χ3v) is 5.46. The number of hydrogen-bond donors (Lipinski definition) is 2. The zero-order valence-corrected chi connectivity index (χ0v) is 15.5. The van der Waals surface area contributed by atoms with Crippen LogP contribution in [0.1, 0.15) is 29.7 Å². The molecule has 2 N–H and O–H groups in total. The molecule has 0 unspecified atom stereocenters. The van der Waals surface area contributed by atoms with E-state index in [1.54, 1.807) is 14.2 Å². The molecule has 1 amide bonds. The predicted molar refractivity (Wildman–Crippen MR) is 97.0 cm³/mol. The van der Waals surface area contributed by atoms with Crippen molar-refractivity contribution in [3.8, 4) is 23.0 Å². The quantitative estimate of drug-likeness (QED) is 0.828. The maximum atomic E-state index is 12.3. The van der Waals surface area contributed by atoms with Crippen molar-refractivity contribution < 1.29 is 23.7 Å². The molecule has 0 saturated heterocycles. The van der Waals surface area contributed by atoms with E-state index in [4.69, 9.17) is 18.9 Å². The van der Waals surface area contributed by atoms with Gasteiger partial charge in [0, 0.05) is 24.4 Å². The summed E-state index contributed by atoms with van der Waals surface area (Å²) in [6, 6.07) is 1.86. The Hall–Kier alpha value is -2.68. The van der Waals surface area contributed by atoms with Gasteiger partial charge in [0.1, 0.15) is 5.82 Å². The summed E-state index contributed by atoms with van der Waals surface area (Å²) in [5, 5.41) is 6.82. The van der Waals surface area contributed by atoms with Crippen LogP contribution < -0.4 is 29.6 Å². The number of carbonyl (C=O) groups excluding carboxylic acids is 1. The third kappa shape index (κ3) is 2.59. The summed E-state index contributed by atoms with van der Waals surface area (Å²) in [4.78, 5) is 17.7. The molecule has 0 fully saturated rings. The van der Waals surface area contributed by atoms with Crippen LogP contribution in [0.4, 0.5) is 10.9 Å². The normalized spacial score (nSPS) is 17.5. The van der Waals surface area contributed by atoms with Crippen LogP contribution >= 0.6 is 11.3 Å². The van der Waals surface area contributed by atoms with Crippen molar-refractivity contribution in [2.45, 2.75) is 19.3 Å². The molecule has 26 heavy (non-hydrogen) atoms. The number of nitrogens with zero attached hydrogens (tertiary/aromatic N) is 1. The van der Waals surface area contributed by atoms with E-state index in [1.165, 1.54) is 11.3 Å². The van der Waals surface area contributed by atoms with E-state index in [1.807, 2.05) is 13.0 Å². The Morgan fingerprint density at radius 1 is 1.35 bits per heavy atom. The van der Waals surface area contributed by atoms with Gasteiger partial charge in [-0.2, -0.15) is 0 Å². The van der Waals surface area contributed by atoms with Crippen LogP contribution in [0.15, 0.2) is 6.07 Å². The number of amides is 1. The van der Waals surface area contributed by atoms with Gasteiger partial charge in [-0.15, -0.1) is 0 Å². The SMILES string of the molecule is CCNc1nc2c(s1)[C@@H](c1cc3c(c(OC)c1OC)OCO3)CC(=O)N2. The summed E-state index contributed by atoms with van der Waals surface area (Å²) < 4.78 is 22.2. The van der Waals surface area contributed by atoms with E-state index < -0.39 is 0 Å². The lowest BCUT2D eigenvalue weighted by atomic mass is 9.90. The monoisotopic (exact) mass is 377 g/mol. The Morgan fingerprint density at radius 3 is 2.88 bits per heavy atom. The lowest BCUT2D eigenvalue weighted by molar-refractivity contribution is -0.116. The fourth-order valence-corrected chi connectivity index (χ4v) is 4.37. The molecule has 2 aromatic rings. The summed E-state index contributed by atoms with van der Waals surface area (Å²) in [5.41, 5.74) is 0.816. The Balaban J connectivity index is 1.87. The lowest BCUT2D eigenvalue weighted by Crippen LogP contribution is -2.23. The van der Waals surface area contributed by atoms with E-state index in [2.05, 4.69) is 15.6 Å². The number of nitrogens with one attached hydrogen (secondary N) is 2. The van der Waals surface area contributed by atoms with Gasteiger partial charge in [0.2, 0.25) is 24.2 Å². The first kappa shape index (κ1) is 16.8. The number of fused-ring (bicyclic) bond motifs is 2. The number of anilines is 2. The molecule has 0 spiro atoms. The van der Waals surface area contributed by atoms with Crippen LogP contribution in [-0.4, -0.2) is 38.4 Å². The molecule has 9 heteroatoms. The number of benzene rings is 1. The standard InChI is InChI=1S/C17H19N3O5S/c1-4-18-17-20-16-15(26-17)9(6-11(21)19-16)8-5-10-13(25-7-24-10)14(23-3)12(8)22-2/h5,9H,4,6-7H2,1-3H3,(H,18,20)(H,19,21)/t9-/m1/s1. The number of hydrogen-bond acceptors (Lipinski definition) is 8. The molecule has 1 aromatic heterocycles. The molecule has 8 nitrogen and oxygen atoms in total. The van der Waals surface area contributed by atoms with Gasteiger partial charge in [-0.3, -0.25) is 4.79 Å². The maximum absolute atomic E-state index is 12.3. The highest BCUT2D eigenvalue weighted by molar-refractivity contribution is 7.16. The molecule has 4 rings (SSSR count). The summed E-state index contributed by atoms with van der Waals surface area (Å²) >= 11 is 1.53. The van der Waals surface area contributed by atoms with Gasteiger partial charge in [-0.25, -0.2) is 4.98 Å². The van der Waals surface area contributed by atoms with Crippen LogP contribution in [0.2, 0.25) is 0 Å². The van der Waals surface area contributed by atoms with E-state index in [9.17, 15) is 4.79 Å². The summed E-state index contributed by atoms with van der Waals surface area (Å²) in [6.45, 7) is 2.88. The maximum Gasteiger partial charge on any atom is 0.231 e. The van der Waals surface area contributed by atoms with Gasteiger partial charge in [-0.05, 0) is 13.0 Å². The van der Waals surface area contributed by atoms with Gasteiger partial charge >= 0.3 is 0 Å². The van der Waals surface area contributed by atoms with Crippen LogP contribution in [0.5, 0.6) is 23.0 Å². The van der Waals surface area contributed by atoms with Crippen molar-refractivity contribution in [2.24, 2.45) is 0 Å². The first-order chi connectivity index (χ1) is 12.7. The fraction of sp³-hybridized carbons (Fsp3) is 0.412. The Labute approximate surface area is 154 Å². The predicted octanol–water partition coefficient (Wildman–Crippen LogP) is 2.79. The van der Waals surface area contributed by atoms with Crippen LogP contribution in [0.3, 0.4) is 0 Å². The van der Waals surface area contributed by atoms with Crippen LogP contribution in [0.25, 0.3) is 0 Å². The molecule has 2 aliphatic heterocycles. The van der Waals surface area contributed by atoms with Crippen molar-refractivity contribution in [1.82, 2.24) is 4.98 Å². The Morgan fingerprint density at radius 2 is 2.15 bits per heavy atom. The molecule has 0 saturated carbocycles. The second-order valence-electron chi connectivity index (χ2n) is 5.83. The first-order valence-electron chi connectivity index (χ1n) is 8.25. The minimum atomic E-state index is -0.206. The lowest BCUT2D eigenvalue weighted by Gasteiger charge is -2.24. The highest BCUT2D eigenvalue weighted by Gasteiger charge is 2.36. The number of aromatic nitrogens is 1. The molecule has 0 aliphatic carbocycles. The molecule has 3 heterocycles. The highest BCUT2D eigenvalue weighted by atomic mass is 32.1. The molecule has 138 valence electrons. The highest BCUT2D eigenvalue weighted by Crippen LogP contribution is 2.54. The largest absolute Gasteiger partial charge is 0.492 e. The Kier molecular flexibility index (Phi) is 4.23. The zero-order valence-electron chi connectivity index (χ0n) is 14.7. The number of thiazole rings is 1. The van der Waals surface area contributed by atoms with Crippen molar-refractivity contribution >= 4 is 28.2 Å². The number of rotatable bonds is 5. The second-order valence-corrected chi connectivity index (χ2v) is 6.86. The number of ether oxygens (including phenoxy) is 4. The van der Waals surface area contributed by atoms with Crippen LogP contribution in [-0.2, 0) is 4.79 Å². The first-order valence-corrected chi connectivity index (χ1v) is 9.06. The van der Waals surface area contributed by atoms with Gasteiger partial charge in [0.15, 0.2) is 16.6 Å². The minimum absolute atomic E-state index is 0.0884. The van der Waals surface area contributed by atoms with Gasteiger partial charge in [0.05, 0.1) is 19.1 Å². The molecule has 2 aliphatic rings. The van der Waals surface area contributed by atoms with Crippen molar-refractivity contribution in [3.05, 3.63) is 16.5 Å². The summed E-state index contributed by atoms with van der Waals surface area (Å²) in [6.07, 6.45) is 0.292. The number of carbonyl (C=O) groups is 1. The summed E-state index contributed by atoms with van der Waals surface area (Å²) in [7, 11) is 3.13. The topological polar surface area (TPSA) is 90.9 Å². The number of methoxy groups -OCH3 is 2. The minimum Gasteiger partial charge on any atom is -0.492 e. The van der Waals surface area contributed by atoms with E-state index in [0.29, 0.717) is 35.2 Å². The van der Waals surface area contributed by atoms with E-state index in [0.717, 1.165) is 22.1 Å². The fourth-order valence-electron chi connectivity index (χ4n) is 3.27. The smallest absolute Gasteiger partial charge is 0.231 e. The molecular formula is C17H19N3O5S. The third-order valence-electron chi connectivity index (χ3n) is 4.33. The average Bonchev–Trinajstić information content (AvgIpc) is 3.25. The van der Waals surface area contributed by atoms with Gasteiger partial charge in [0.25, 0.3) is 0 Å². The Bertz CT molecular complexity index is 867. The van der Waals surface area contributed by atoms with Gasteiger partial charge in [-0.1, -0.05) is 11.3 Å². The zero-order chi connectivity index (χ0) is 18.3. The van der Waals surface area contributed by atoms with Crippen molar-refractivity contribution in [1.29, 1.82) is 0 Å². The molecule has 0 radical (unpaired) electrons. The molecular weight excluding hydrogens is 358 g/mol. The van der Waals surface area contributed by atoms with Crippen molar-refractivity contribution in [3.63, 3.8) is 0 Å². The second kappa shape index (κ2) is 6.56. The summed E-state index contributed by atoms with van der Waals surface area (Å²) in [5.74, 6) is 2.41. The molecule has 1 atom stereocenters. The molecule has 1 aromatic carbocycles. The van der Waals surface area contributed by atoms with E-state index >= 15 is 0 Å². The van der Waals surface area contributed by atoms with Crippen LogP contribution in [0, 0.1) is 0 Å². The van der Waals surface area contributed by atoms with Crippen molar-refractivity contribution in [2.75, 3.05) is 38.2 Å².